The van der Waals surface area contributed by atoms with E-state index in [0.29, 0.717) is 36.9 Å². The van der Waals surface area contributed by atoms with Gasteiger partial charge in [-0.15, -0.1) is 0 Å². The van der Waals surface area contributed by atoms with Gasteiger partial charge in [0, 0.05) is 44.2 Å². The third-order valence-corrected chi connectivity index (χ3v) is 4.97. The van der Waals surface area contributed by atoms with Crippen molar-refractivity contribution in [3.63, 3.8) is 0 Å². The molecule has 1 atom stereocenters. The SMILES string of the molecule is CCOC1C(=O)Nc2c(cc(NCc3cnn(Cc4cncc(F)c4)c3)nc2C)N1C. The number of aromatic nitrogens is 4. The van der Waals surface area contributed by atoms with E-state index in [9.17, 15) is 9.18 Å². The summed E-state index contributed by atoms with van der Waals surface area (Å²) in [6, 6.07) is 3.33. The zero-order valence-electron chi connectivity index (χ0n) is 17.6. The summed E-state index contributed by atoms with van der Waals surface area (Å²) in [6.07, 6.45) is 5.76. The minimum Gasteiger partial charge on any atom is -0.366 e. The van der Waals surface area contributed by atoms with E-state index in [0.717, 1.165) is 16.8 Å². The number of hydrogen-bond acceptors (Lipinski definition) is 7. The van der Waals surface area contributed by atoms with Gasteiger partial charge in [-0.25, -0.2) is 9.37 Å². The zero-order chi connectivity index (χ0) is 22.0. The molecule has 3 aromatic rings. The molecule has 1 unspecified atom stereocenters. The second-order valence-corrected chi connectivity index (χ2v) is 7.31. The van der Waals surface area contributed by atoms with Crippen molar-refractivity contribution in [2.75, 3.05) is 29.2 Å². The number of nitrogens with one attached hydrogen (secondary N) is 2. The summed E-state index contributed by atoms with van der Waals surface area (Å²) >= 11 is 0. The predicted molar refractivity (Wildman–Crippen MR) is 114 cm³/mol. The number of likely N-dealkylation sites (N-methyl/N-ethyl adjacent to an activating group) is 1. The molecule has 0 aromatic carbocycles. The highest BCUT2D eigenvalue weighted by molar-refractivity contribution is 6.03. The second-order valence-electron chi connectivity index (χ2n) is 7.31. The molecule has 0 aliphatic carbocycles. The fourth-order valence-electron chi connectivity index (χ4n) is 3.52. The Kier molecular flexibility index (Phi) is 5.81. The monoisotopic (exact) mass is 425 g/mol. The molecule has 0 bridgehead atoms. The summed E-state index contributed by atoms with van der Waals surface area (Å²) in [5.74, 6) is 0.105. The Morgan fingerprint density at radius 1 is 1.26 bits per heavy atom. The highest BCUT2D eigenvalue weighted by Crippen LogP contribution is 2.35. The average Bonchev–Trinajstić information content (AvgIpc) is 3.18. The van der Waals surface area contributed by atoms with Crippen LogP contribution in [0.4, 0.5) is 21.6 Å². The van der Waals surface area contributed by atoms with Gasteiger partial charge in [-0.05, 0) is 25.5 Å². The fraction of sp³-hybridized carbons (Fsp3) is 0.333. The first-order valence-electron chi connectivity index (χ1n) is 9.96. The Morgan fingerprint density at radius 2 is 2.10 bits per heavy atom. The summed E-state index contributed by atoms with van der Waals surface area (Å²) < 4.78 is 20.6. The molecule has 0 saturated heterocycles. The molecule has 9 nitrogen and oxygen atoms in total. The molecule has 0 saturated carbocycles. The summed E-state index contributed by atoms with van der Waals surface area (Å²) in [4.78, 5) is 22.5. The molecule has 0 fully saturated rings. The van der Waals surface area contributed by atoms with E-state index in [4.69, 9.17) is 4.74 Å². The van der Waals surface area contributed by atoms with Crippen molar-refractivity contribution in [1.82, 2.24) is 19.7 Å². The van der Waals surface area contributed by atoms with Crippen LogP contribution >= 0.6 is 0 Å². The molecule has 3 aromatic heterocycles. The largest absolute Gasteiger partial charge is 0.366 e. The van der Waals surface area contributed by atoms with E-state index in [1.54, 1.807) is 17.1 Å². The third kappa shape index (κ3) is 4.48. The maximum absolute atomic E-state index is 13.3. The van der Waals surface area contributed by atoms with Gasteiger partial charge in [-0.3, -0.25) is 14.5 Å². The van der Waals surface area contributed by atoms with Crippen molar-refractivity contribution in [2.45, 2.75) is 33.2 Å². The van der Waals surface area contributed by atoms with Crippen LogP contribution in [-0.2, 0) is 22.6 Å². The number of pyridine rings is 2. The number of halogens is 1. The van der Waals surface area contributed by atoms with Crippen LogP contribution < -0.4 is 15.5 Å². The minimum absolute atomic E-state index is 0.205. The summed E-state index contributed by atoms with van der Waals surface area (Å²) in [5.41, 5.74) is 3.93. The lowest BCUT2D eigenvalue weighted by Crippen LogP contribution is -2.48. The van der Waals surface area contributed by atoms with E-state index < -0.39 is 6.23 Å². The van der Waals surface area contributed by atoms with Gasteiger partial charge in [0.15, 0.2) is 0 Å². The van der Waals surface area contributed by atoms with Gasteiger partial charge >= 0.3 is 0 Å². The Hall–Kier alpha value is -3.53. The number of fused-ring (bicyclic) bond motifs is 1. The lowest BCUT2D eigenvalue weighted by atomic mass is 10.1. The first kappa shape index (κ1) is 20.7. The molecule has 162 valence electrons. The number of hydrogen-bond donors (Lipinski definition) is 2. The Labute approximate surface area is 179 Å². The molecule has 1 aliphatic heterocycles. The van der Waals surface area contributed by atoms with E-state index in [2.05, 4.69) is 25.7 Å². The number of amides is 1. The third-order valence-electron chi connectivity index (χ3n) is 4.97. The van der Waals surface area contributed by atoms with Crippen LogP contribution in [0.1, 0.15) is 23.7 Å². The van der Waals surface area contributed by atoms with Crippen molar-refractivity contribution in [3.05, 3.63) is 59.6 Å². The number of rotatable bonds is 7. The number of carbonyl (C=O) groups is 1. The molecule has 1 aliphatic rings. The van der Waals surface area contributed by atoms with Crippen LogP contribution in [0.5, 0.6) is 0 Å². The fourth-order valence-corrected chi connectivity index (χ4v) is 3.52. The number of nitrogens with zero attached hydrogens (tertiary/aromatic N) is 5. The Bertz CT molecular complexity index is 1100. The normalized spacial score (nSPS) is 15.5. The second kappa shape index (κ2) is 8.68. The van der Waals surface area contributed by atoms with Gasteiger partial charge in [0.2, 0.25) is 6.23 Å². The highest BCUT2D eigenvalue weighted by atomic mass is 19.1. The van der Waals surface area contributed by atoms with E-state index in [1.807, 2.05) is 38.1 Å². The van der Waals surface area contributed by atoms with Crippen LogP contribution in [0.25, 0.3) is 0 Å². The van der Waals surface area contributed by atoms with Gasteiger partial charge in [0.05, 0.1) is 36.0 Å². The maximum Gasteiger partial charge on any atom is 0.274 e. The molecule has 0 radical (unpaired) electrons. The highest BCUT2D eigenvalue weighted by Gasteiger charge is 2.32. The topological polar surface area (TPSA) is 97.2 Å². The average molecular weight is 425 g/mol. The summed E-state index contributed by atoms with van der Waals surface area (Å²) in [6.45, 7) is 5.08. The van der Waals surface area contributed by atoms with Gasteiger partial charge in [0.1, 0.15) is 11.6 Å². The molecule has 4 rings (SSSR count). The number of anilines is 3. The Morgan fingerprint density at radius 3 is 2.87 bits per heavy atom. The molecule has 31 heavy (non-hydrogen) atoms. The van der Waals surface area contributed by atoms with Crippen LogP contribution in [0, 0.1) is 12.7 Å². The Balaban J connectivity index is 1.46. The molecule has 1 amide bonds. The van der Waals surface area contributed by atoms with Gasteiger partial charge in [0.25, 0.3) is 5.91 Å². The number of carbonyl (C=O) groups excluding carboxylic acids is 1. The molecular weight excluding hydrogens is 401 g/mol. The molecular formula is C21H24FN7O2. The quantitative estimate of drug-likeness (QED) is 0.600. The maximum atomic E-state index is 13.3. The van der Waals surface area contributed by atoms with Crippen molar-refractivity contribution in [2.24, 2.45) is 0 Å². The van der Waals surface area contributed by atoms with Crippen LogP contribution in [0.3, 0.4) is 0 Å². The number of ether oxygens (including phenoxy) is 1. The van der Waals surface area contributed by atoms with Gasteiger partial charge < -0.3 is 20.3 Å². The van der Waals surface area contributed by atoms with Crippen LogP contribution in [0.2, 0.25) is 0 Å². The zero-order valence-corrected chi connectivity index (χ0v) is 17.6. The first-order valence-corrected chi connectivity index (χ1v) is 9.96. The van der Waals surface area contributed by atoms with Crippen LogP contribution in [-0.4, -0.2) is 45.5 Å². The number of aryl methyl sites for hydroxylation is 1. The van der Waals surface area contributed by atoms with E-state index in [1.165, 1.54) is 12.3 Å². The minimum atomic E-state index is -0.678. The molecule has 2 N–H and O–H groups in total. The van der Waals surface area contributed by atoms with Crippen molar-refractivity contribution in [3.8, 4) is 0 Å². The summed E-state index contributed by atoms with van der Waals surface area (Å²) in [5, 5.41) is 10.5. The molecule has 10 heteroatoms. The first-order chi connectivity index (χ1) is 14.9. The van der Waals surface area contributed by atoms with Gasteiger partial charge in [-0.2, -0.15) is 5.10 Å². The summed E-state index contributed by atoms with van der Waals surface area (Å²) in [7, 11) is 1.83. The predicted octanol–water partition coefficient (Wildman–Crippen LogP) is 2.53. The standard InChI is InChI=1S/C21H24FN7O2/c1-4-31-21-20(30)27-19-13(2)26-18(6-17(19)28(21)3)24-8-15-9-25-29(12-15)11-14-5-16(22)10-23-7-14/h5-7,9-10,12,21H,4,8,11H2,1-3H3,(H,24,26)(H,27,30). The van der Waals surface area contributed by atoms with Crippen molar-refractivity contribution in [1.29, 1.82) is 0 Å². The lowest BCUT2D eigenvalue weighted by molar-refractivity contribution is -0.127. The van der Waals surface area contributed by atoms with E-state index >= 15 is 0 Å². The van der Waals surface area contributed by atoms with Gasteiger partial charge in [-0.1, -0.05) is 0 Å². The van der Waals surface area contributed by atoms with Crippen molar-refractivity contribution >= 4 is 23.1 Å². The lowest BCUT2D eigenvalue weighted by Gasteiger charge is -2.35. The smallest absolute Gasteiger partial charge is 0.274 e. The van der Waals surface area contributed by atoms with E-state index in [-0.39, 0.29) is 11.7 Å². The molecule has 0 spiro atoms. The molecule has 4 heterocycles. The van der Waals surface area contributed by atoms with Crippen LogP contribution in [0.15, 0.2) is 36.9 Å². The van der Waals surface area contributed by atoms with Crippen molar-refractivity contribution < 1.29 is 13.9 Å².